The van der Waals surface area contributed by atoms with E-state index in [0.29, 0.717) is 12.8 Å². The highest BCUT2D eigenvalue weighted by atomic mass is 32.2. The van der Waals surface area contributed by atoms with E-state index < -0.39 is 15.1 Å². The minimum atomic E-state index is -2.87. The molecule has 0 aromatic rings. The molecule has 0 spiro atoms. The molecule has 3 heteroatoms. The molecule has 0 saturated carbocycles. The van der Waals surface area contributed by atoms with Gasteiger partial charge in [0.2, 0.25) is 0 Å². The first kappa shape index (κ1) is 9.95. The minimum Gasteiger partial charge on any atom is -0.229 e. The van der Waals surface area contributed by atoms with Crippen LogP contribution in [0.25, 0.3) is 0 Å². The van der Waals surface area contributed by atoms with E-state index in [4.69, 9.17) is 0 Å². The van der Waals surface area contributed by atoms with Gasteiger partial charge < -0.3 is 0 Å². The van der Waals surface area contributed by atoms with Crippen LogP contribution in [-0.2, 0) is 9.84 Å². The summed E-state index contributed by atoms with van der Waals surface area (Å²) < 4.78 is 22.2. The fourth-order valence-electron chi connectivity index (χ4n) is 0.705. The van der Waals surface area contributed by atoms with Gasteiger partial charge in [0.25, 0.3) is 0 Å². The molecule has 0 N–H and O–H groups in total. The lowest BCUT2D eigenvalue weighted by atomic mass is 10.4. The van der Waals surface area contributed by atoms with Gasteiger partial charge >= 0.3 is 0 Å². The van der Waals surface area contributed by atoms with Crippen molar-refractivity contribution in [1.82, 2.24) is 0 Å². The van der Waals surface area contributed by atoms with Crippen molar-refractivity contribution < 1.29 is 8.42 Å². The molecule has 2 nitrogen and oxygen atoms in total. The van der Waals surface area contributed by atoms with Gasteiger partial charge in [-0.3, -0.25) is 0 Å². The predicted octanol–water partition coefficient (Wildman–Crippen LogP) is 1.42. The Morgan fingerprint density at radius 2 is 1.90 bits per heavy atom. The molecule has 0 heterocycles. The third-order valence-electron chi connectivity index (χ3n) is 1.45. The van der Waals surface area contributed by atoms with Crippen molar-refractivity contribution in [3.63, 3.8) is 0 Å². The lowest BCUT2D eigenvalue weighted by Crippen LogP contribution is -2.19. The lowest BCUT2D eigenvalue weighted by molar-refractivity contribution is 0.585. The first-order chi connectivity index (χ1) is 4.54. The first-order valence-corrected chi connectivity index (χ1v) is 5.30. The molecule has 1 radical (unpaired) electrons. The van der Waals surface area contributed by atoms with E-state index in [0.717, 1.165) is 0 Å². The van der Waals surface area contributed by atoms with Crippen LogP contribution < -0.4 is 0 Å². The van der Waals surface area contributed by atoms with Gasteiger partial charge in [0.15, 0.2) is 9.84 Å². The molecule has 1 atom stereocenters. The van der Waals surface area contributed by atoms with Crippen LogP contribution in [0.5, 0.6) is 0 Å². The Kier molecular flexibility index (Phi) is 3.94. The van der Waals surface area contributed by atoms with E-state index in [1.54, 1.807) is 0 Å². The van der Waals surface area contributed by atoms with Crippen molar-refractivity contribution in [2.24, 2.45) is 0 Å². The monoisotopic (exact) mass is 163 g/mol. The summed E-state index contributed by atoms with van der Waals surface area (Å²) in [5.74, 6) is 0.273. The first-order valence-electron chi connectivity index (χ1n) is 3.59. The average molecular weight is 163 g/mol. The van der Waals surface area contributed by atoms with Crippen molar-refractivity contribution in [1.29, 1.82) is 0 Å². The van der Waals surface area contributed by atoms with Gasteiger partial charge in [0.1, 0.15) is 0 Å². The number of rotatable bonds is 4. The van der Waals surface area contributed by atoms with Crippen LogP contribution in [0.3, 0.4) is 0 Å². The molecule has 0 aliphatic carbocycles. The van der Waals surface area contributed by atoms with Crippen LogP contribution in [0, 0.1) is 6.92 Å². The van der Waals surface area contributed by atoms with E-state index in [2.05, 4.69) is 6.92 Å². The number of sulfone groups is 1. The zero-order valence-electron chi connectivity index (χ0n) is 6.63. The maximum absolute atomic E-state index is 11.1. The molecule has 0 fully saturated rings. The van der Waals surface area contributed by atoms with Gasteiger partial charge in [-0.1, -0.05) is 13.8 Å². The topological polar surface area (TPSA) is 34.1 Å². The van der Waals surface area contributed by atoms with Crippen LogP contribution in [0.1, 0.15) is 26.7 Å². The highest BCUT2D eigenvalue weighted by molar-refractivity contribution is 7.92. The Balaban J connectivity index is 4.12. The summed E-state index contributed by atoms with van der Waals surface area (Å²) in [7, 11) is -2.87. The smallest absolute Gasteiger partial charge is 0.153 e. The molecular formula is C7H15O2S. The Bertz CT molecular complexity index is 170. The Labute approximate surface area is 63.6 Å². The Hall–Kier alpha value is -0.0500. The molecule has 1 unspecified atom stereocenters. The molecule has 0 saturated heterocycles. The minimum absolute atomic E-state index is 0.273. The fraction of sp³-hybridized carbons (Fsp3) is 0.857. The molecule has 0 amide bonds. The van der Waals surface area contributed by atoms with Gasteiger partial charge in [0, 0.05) is 0 Å². The maximum Gasteiger partial charge on any atom is 0.153 e. The zero-order chi connectivity index (χ0) is 8.20. The van der Waals surface area contributed by atoms with Crippen LogP contribution >= 0.6 is 0 Å². The molecule has 61 valence electrons. The summed E-state index contributed by atoms with van der Waals surface area (Å²) in [6, 6.07) is 0. The average Bonchev–Trinajstić information content (AvgIpc) is 1.86. The second-order valence-electron chi connectivity index (χ2n) is 2.40. The quantitative estimate of drug-likeness (QED) is 0.628. The van der Waals surface area contributed by atoms with Crippen LogP contribution in [0.4, 0.5) is 0 Å². The third-order valence-corrected chi connectivity index (χ3v) is 3.78. The molecule has 0 bridgehead atoms. The molecule has 0 aliphatic rings. The predicted molar refractivity (Wildman–Crippen MR) is 43.5 cm³/mol. The van der Waals surface area contributed by atoms with Gasteiger partial charge in [-0.25, -0.2) is 8.42 Å². The Morgan fingerprint density at radius 1 is 1.40 bits per heavy atom. The van der Waals surface area contributed by atoms with Gasteiger partial charge in [-0.2, -0.15) is 0 Å². The van der Waals surface area contributed by atoms with E-state index in [1.165, 1.54) is 0 Å². The van der Waals surface area contributed by atoms with E-state index in [-0.39, 0.29) is 5.75 Å². The molecule has 0 aromatic carbocycles. The standard InChI is InChI=1S/C7H15O2S/c1-4-6-10(8,9)7(3)5-2/h7H,3-6H2,1-2H3. The van der Waals surface area contributed by atoms with Crippen molar-refractivity contribution >= 4 is 9.84 Å². The van der Waals surface area contributed by atoms with Crippen molar-refractivity contribution in [2.75, 3.05) is 5.75 Å². The van der Waals surface area contributed by atoms with Gasteiger partial charge in [-0.05, 0) is 19.8 Å². The van der Waals surface area contributed by atoms with Crippen LogP contribution in [0.15, 0.2) is 0 Å². The zero-order valence-corrected chi connectivity index (χ0v) is 7.45. The number of hydrogen-bond donors (Lipinski definition) is 0. The molecule has 10 heavy (non-hydrogen) atoms. The summed E-state index contributed by atoms with van der Waals surface area (Å²) in [4.78, 5) is 0. The summed E-state index contributed by atoms with van der Waals surface area (Å²) >= 11 is 0. The summed E-state index contributed by atoms with van der Waals surface area (Å²) in [6.45, 7) is 7.26. The fourth-order valence-corrected chi connectivity index (χ4v) is 2.12. The normalized spacial score (nSPS) is 15.1. The van der Waals surface area contributed by atoms with E-state index in [1.807, 2.05) is 13.8 Å². The summed E-state index contributed by atoms with van der Waals surface area (Å²) in [5.41, 5.74) is 0. The SMILES string of the molecule is [CH2]C(CC)S(=O)(=O)CCC. The second-order valence-corrected chi connectivity index (χ2v) is 4.80. The Morgan fingerprint density at radius 3 is 2.20 bits per heavy atom. The van der Waals surface area contributed by atoms with Crippen LogP contribution in [0.2, 0.25) is 0 Å². The van der Waals surface area contributed by atoms with Crippen molar-refractivity contribution in [3.05, 3.63) is 6.92 Å². The van der Waals surface area contributed by atoms with Gasteiger partial charge in [0.05, 0.1) is 11.0 Å². The van der Waals surface area contributed by atoms with E-state index in [9.17, 15) is 8.42 Å². The van der Waals surface area contributed by atoms with Gasteiger partial charge in [-0.15, -0.1) is 0 Å². The highest BCUT2D eigenvalue weighted by Gasteiger charge is 2.16. The third kappa shape index (κ3) is 2.69. The molecule has 0 aromatic heterocycles. The lowest BCUT2D eigenvalue weighted by Gasteiger charge is -2.07. The summed E-state index contributed by atoms with van der Waals surface area (Å²) in [5, 5.41) is -0.410. The van der Waals surface area contributed by atoms with Crippen LogP contribution in [-0.4, -0.2) is 19.4 Å². The maximum atomic E-state index is 11.1. The number of hydrogen-bond acceptors (Lipinski definition) is 2. The molecule has 0 aliphatic heterocycles. The largest absolute Gasteiger partial charge is 0.229 e. The van der Waals surface area contributed by atoms with Crippen molar-refractivity contribution in [3.8, 4) is 0 Å². The van der Waals surface area contributed by atoms with Crippen molar-refractivity contribution in [2.45, 2.75) is 31.9 Å². The van der Waals surface area contributed by atoms with E-state index >= 15 is 0 Å². The highest BCUT2D eigenvalue weighted by Crippen LogP contribution is 2.05. The second kappa shape index (κ2) is 3.96. The summed E-state index contributed by atoms with van der Waals surface area (Å²) in [6.07, 6.45) is 1.30. The molecule has 0 rings (SSSR count). The molecular weight excluding hydrogens is 148 g/mol.